The van der Waals surface area contributed by atoms with Crippen LogP contribution in [0.1, 0.15) is 22.3 Å². The van der Waals surface area contributed by atoms with E-state index in [9.17, 15) is 13.2 Å². The number of nitrogen functional groups attached to an aromatic ring is 1. The first kappa shape index (κ1) is 20.1. The number of thiazole rings is 1. The molecule has 0 bridgehead atoms. The minimum absolute atomic E-state index is 0.338. The monoisotopic (exact) mass is 429 g/mol. The number of rotatable bonds is 3. The first-order chi connectivity index (χ1) is 14.1. The van der Waals surface area contributed by atoms with Gasteiger partial charge in [0.05, 0.1) is 5.56 Å². The second-order valence-corrected chi connectivity index (χ2v) is 8.03. The number of benzene rings is 2. The summed E-state index contributed by atoms with van der Waals surface area (Å²) in [6.45, 7) is 5.56. The van der Waals surface area contributed by atoms with Crippen molar-refractivity contribution in [1.29, 1.82) is 0 Å². The van der Waals surface area contributed by atoms with Crippen molar-refractivity contribution in [3.05, 3.63) is 58.7 Å². The number of aryl methyl sites for hydroxylation is 3. The van der Waals surface area contributed by atoms with E-state index in [4.69, 9.17) is 5.73 Å². The van der Waals surface area contributed by atoms with Crippen molar-refractivity contribution in [2.75, 3.05) is 11.1 Å². The molecule has 3 N–H and O–H groups in total. The summed E-state index contributed by atoms with van der Waals surface area (Å²) in [7, 11) is 0. The number of nitrogens with two attached hydrogens (primary N) is 1. The molecule has 30 heavy (non-hydrogen) atoms. The second kappa shape index (κ2) is 7.24. The maximum absolute atomic E-state index is 13.0. The van der Waals surface area contributed by atoms with Crippen molar-refractivity contribution in [3.8, 4) is 11.4 Å². The quantitative estimate of drug-likeness (QED) is 0.416. The van der Waals surface area contributed by atoms with Crippen LogP contribution in [0.5, 0.6) is 0 Å². The Labute approximate surface area is 174 Å². The van der Waals surface area contributed by atoms with Gasteiger partial charge in [-0.1, -0.05) is 29.5 Å². The average Bonchev–Trinajstić information content (AvgIpc) is 3.03. The van der Waals surface area contributed by atoms with Gasteiger partial charge < -0.3 is 11.1 Å². The number of hydrogen-bond acceptors (Lipinski definition) is 6. The largest absolute Gasteiger partial charge is 0.416 e. The molecule has 0 aliphatic carbocycles. The fraction of sp³-hybridized carbons (Fsp3) is 0.190. The van der Waals surface area contributed by atoms with Gasteiger partial charge in [-0.25, -0.2) is 15.0 Å². The maximum atomic E-state index is 13.0. The Morgan fingerprint density at radius 1 is 0.933 bits per heavy atom. The van der Waals surface area contributed by atoms with Crippen molar-refractivity contribution in [2.45, 2.75) is 26.9 Å². The van der Waals surface area contributed by atoms with Crippen LogP contribution in [0.25, 0.3) is 21.7 Å². The van der Waals surface area contributed by atoms with Crippen molar-refractivity contribution >= 4 is 38.3 Å². The van der Waals surface area contributed by atoms with Crippen LogP contribution in [-0.4, -0.2) is 15.0 Å². The molecule has 0 unspecified atom stereocenters. The molecule has 2 aromatic heterocycles. The van der Waals surface area contributed by atoms with Gasteiger partial charge in [0.15, 0.2) is 21.6 Å². The van der Waals surface area contributed by atoms with Crippen LogP contribution >= 0.6 is 11.3 Å². The van der Waals surface area contributed by atoms with Gasteiger partial charge in [-0.2, -0.15) is 13.2 Å². The van der Waals surface area contributed by atoms with Gasteiger partial charge in [0.25, 0.3) is 0 Å². The van der Waals surface area contributed by atoms with Crippen molar-refractivity contribution in [2.24, 2.45) is 0 Å². The molecule has 5 nitrogen and oxygen atoms in total. The summed E-state index contributed by atoms with van der Waals surface area (Å²) in [6.07, 6.45) is -4.40. The lowest BCUT2D eigenvalue weighted by Crippen LogP contribution is -2.06. The van der Waals surface area contributed by atoms with E-state index in [0.29, 0.717) is 38.4 Å². The van der Waals surface area contributed by atoms with Crippen molar-refractivity contribution in [3.63, 3.8) is 0 Å². The van der Waals surface area contributed by atoms with Gasteiger partial charge in [-0.15, -0.1) is 0 Å². The fourth-order valence-corrected chi connectivity index (χ4v) is 4.02. The molecule has 0 amide bonds. The molecule has 2 aromatic carbocycles. The first-order valence-electron chi connectivity index (χ1n) is 9.09. The Hall–Kier alpha value is -3.20. The van der Waals surface area contributed by atoms with Crippen LogP contribution in [0.3, 0.4) is 0 Å². The lowest BCUT2D eigenvalue weighted by Gasteiger charge is -2.14. The van der Waals surface area contributed by atoms with E-state index in [1.807, 2.05) is 32.0 Å². The number of fused-ring (bicyclic) bond motifs is 1. The van der Waals surface area contributed by atoms with Crippen LogP contribution in [0, 0.1) is 20.8 Å². The topological polar surface area (TPSA) is 76.7 Å². The van der Waals surface area contributed by atoms with Crippen LogP contribution in [0.4, 0.5) is 29.8 Å². The lowest BCUT2D eigenvalue weighted by molar-refractivity contribution is -0.137. The molecule has 4 rings (SSSR count). The third-order valence-electron chi connectivity index (χ3n) is 4.79. The van der Waals surface area contributed by atoms with E-state index in [0.717, 1.165) is 28.8 Å². The molecular formula is C21H18F3N5S. The van der Waals surface area contributed by atoms with Crippen molar-refractivity contribution in [1.82, 2.24) is 15.0 Å². The zero-order chi connectivity index (χ0) is 21.6. The molecule has 9 heteroatoms. The summed E-state index contributed by atoms with van der Waals surface area (Å²) in [4.78, 5) is 14.2. The third-order valence-corrected chi connectivity index (χ3v) is 5.57. The molecule has 0 aliphatic rings. The van der Waals surface area contributed by atoms with Crippen molar-refractivity contribution < 1.29 is 13.2 Å². The van der Waals surface area contributed by atoms with E-state index >= 15 is 0 Å². The molecule has 0 aliphatic heterocycles. The summed E-state index contributed by atoms with van der Waals surface area (Å²) >= 11 is 1.23. The highest BCUT2D eigenvalue weighted by atomic mass is 32.1. The van der Waals surface area contributed by atoms with Gasteiger partial charge in [-0.3, -0.25) is 0 Å². The molecule has 0 fully saturated rings. The maximum Gasteiger partial charge on any atom is 0.416 e. The molecule has 2 heterocycles. The number of halogens is 3. The van der Waals surface area contributed by atoms with Gasteiger partial charge >= 0.3 is 6.18 Å². The summed E-state index contributed by atoms with van der Waals surface area (Å²) in [5.74, 6) is 0.905. The second-order valence-electron chi connectivity index (χ2n) is 7.02. The Morgan fingerprint density at radius 3 is 2.27 bits per heavy atom. The third kappa shape index (κ3) is 3.68. The number of nitrogens with one attached hydrogen (secondary N) is 1. The minimum Gasteiger partial charge on any atom is -0.375 e. The molecule has 154 valence electrons. The van der Waals surface area contributed by atoms with Gasteiger partial charge in [0.2, 0.25) is 0 Å². The number of alkyl halides is 3. The molecule has 0 atom stereocenters. The number of nitrogens with zero attached hydrogens (tertiary/aromatic N) is 3. The summed E-state index contributed by atoms with van der Waals surface area (Å²) in [5.41, 5.74) is 9.54. The Bertz CT molecular complexity index is 1240. The normalized spacial score (nSPS) is 11.8. The molecule has 0 saturated heterocycles. The highest BCUT2D eigenvalue weighted by molar-refractivity contribution is 7.21. The van der Waals surface area contributed by atoms with E-state index in [1.54, 1.807) is 6.92 Å². The van der Waals surface area contributed by atoms with Crippen LogP contribution < -0.4 is 11.1 Å². The first-order valence-corrected chi connectivity index (χ1v) is 9.90. The van der Waals surface area contributed by atoms with Crippen LogP contribution in [0.15, 0.2) is 36.4 Å². The highest BCUT2D eigenvalue weighted by Crippen LogP contribution is 2.35. The molecule has 0 spiro atoms. The highest BCUT2D eigenvalue weighted by Gasteiger charge is 2.30. The average molecular weight is 429 g/mol. The zero-order valence-corrected chi connectivity index (χ0v) is 17.2. The molecule has 0 radical (unpaired) electrons. The molecule has 0 saturated carbocycles. The van der Waals surface area contributed by atoms with Crippen LogP contribution in [-0.2, 0) is 6.18 Å². The molecule has 4 aromatic rings. The SMILES string of the molecule is Cc1cc(C(F)(F)F)ccc1Nc1nc(-c2c(C)cccc2C)nc2sc(N)nc12. The summed E-state index contributed by atoms with van der Waals surface area (Å²) in [6, 6.07) is 9.44. The van der Waals surface area contributed by atoms with Crippen LogP contribution in [0.2, 0.25) is 0 Å². The Morgan fingerprint density at radius 2 is 1.63 bits per heavy atom. The molecular weight excluding hydrogens is 411 g/mol. The Kier molecular flexibility index (Phi) is 4.85. The zero-order valence-electron chi connectivity index (χ0n) is 16.4. The van der Waals surface area contributed by atoms with Gasteiger partial charge in [-0.05, 0) is 55.7 Å². The van der Waals surface area contributed by atoms with Gasteiger partial charge in [0, 0.05) is 11.3 Å². The Balaban J connectivity index is 1.85. The predicted octanol–water partition coefficient (Wildman–Crippen LogP) is 6.02. The summed E-state index contributed by atoms with van der Waals surface area (Å²) in [5, 5.41) is 3.46. The number of anilines is 3. The number of aromatic nitrogens is 3. The smallest absolute Gasteiger partial charge is 0.375 e. The van der Waals surface area contributed by atoms with Gasteiger partial charge in [0.1, 0.15) is 5.52 Å². The summed E-state index contributed by atoms with van der Waals surface area (Å²) < 4.78 is 39.0. The van der Waals surface area contributed by atoms with E-state index in [-0.39, 0.29) is 0 Å². The van der Waals surface area contributed by atoms with E-state index < -0.39 is 11.7 Å². The predicted molar refractivity (Wildman–Crippen MR) is 114 cm³/mol. The standard InChI is InChI=1S/C21H18F3N5S/c1-10-5-4-6-11(2)15(10)17-28-18(16-19(29-17)30-20(25)27-16)26-14-8-7-13(9-12(14)3)21(22,23)24/h4-9H,1-3H3,(H2,25,27)(H,26,28,29). The lowest BCUT2D eigenvalue weighted by atomic mass is 10.0. The van der Waals surface area contributed by atoms with E-state index in [2.05, 4.69) is 20.3 Å². The minimum atomic E-state index is -4.40. The van der Waals surface area contributed by atoms with E-state index in [1.165, 1.54) is 17.4 Å². The fourth-order valence-electron chi connectivity index (χ4n) is 3.31. The number of hydrogen-bond donors (Lipinski definition) is 2.